The van der Waals surface area contributed by atoms with E-state index in [4.69, 9.17) is 10.5 Å². The molecule has 0 aliphatic rings. The first-order valence-electron chi connectivity index (χ1n) is 9.37. The third-order valence-corrected chi connectivity index (χ3v) is 4.81. The maximum Gasteiger partial charge on any atom is 0.222 e. The van der Waals surface area contributed by atoms with Crippen molar-refractivity contribution in [2.24, 2.45) is 5.73 Å². The molecule has 5 heteroatoms. The van der Waals surface area contributed by atoms with Crippen LogP contribution in [-0.4, -0.2) is 36.0 Å². The highest BCUT2D eigenvalue weighted by Crippen LogP contribution is 2.19. The summed E-state index contributed by atoms with van der Waals surface area (Å²) in [5.74, 6) is 0.967. The first kappa shape index (κ1) is 19.0. The third-order valence-electron chi connectivity index (χ3n) is 4.81. The monoisotopic (exact) mass is 365 g/mol. The molecule has 1 aromatic heterocycles. The van der Waals surface area contributed by atoms with Crippen LogP contribution in [0.25, 0.3) is 10.9 Å². The maximum absolute atomic E-state index is 12.7. The smallest absolute Gasteiger partial charge is 0.222 e. The Labute approximate surface area is 160 Å². The van der Waals surface area contributed by atoms with Crippen molar-refractivity contribution in [3.8, 4) is 5.75 Å². The topological polar surface area (TPSA) is 71.3 Å². The van der Waals surface area contributed by atoms with Crippen molar-refractivity contribution in [1.29, 1.82) is 0 Å². The number of amides is 1. The van der Waals surface area contributed by atoms with Crippen LogP contribution in [0.4, 0.5) is 0 Å². The van der Waals surface area contributed by atoms with E-state index in [0.717, 1.165) is 23.3 Å². The Morgan fingerprint density at radius 1 is 1.15 bits per heavy atom. The molecule has 3 rings (SSSR count). The van der Waals surface area contributed by atoms with E-state index < -0.39 is 0 Å². The third kappa shape index (κ3) is 4.89. The number of aromatic amines is 1. The number of nitrogens with one attached hydrogen (secondary N) is 1. The lowest BCUT2D eigenvalue weighted by Gasteiger charge is -2.23. The summed E-state index contributed by atoms with van der Waals surface area (Å²) in [6.45, 7) is 1.80. The number of nitrogens with two attached hydrogens (primary N) is 1. The second-order valence-corrected chi connectivity index (χ2v) is 6.67. The molecule has 0 bridgehead atoms. The SMILES string of the molecule is COc1ccc(CN(CCc2c[nH]c3ccccc23)C(=O)CCCN)cc1. The Bertz CT molecular complexity index is 871. The summed E-state index contributed by atoms with van der Waals surface area (Å²) < 4.78 is 5.21. The summed E-state index contributed by atoms with van der Waals surface area (Å²) in [5.41, 5.74) is 9.04. The second kappa shape index (κ2) is 9.24. The first-order chi connectivity index (χ1) is 13.2. The van der Waals surface area contributed by atoms with Crippen LogP contribution < -0.4 is 10.5 Å². The molecule has 3 aromatic rings. The van der Waals surface area contributed by atoms with Gasteiger partial charge in [0.15, 0.2) is 0 Å². The zero-order valence-electron chi connectivity index (χ0n) is 15.8. The lowest BCUT2D eigenvalue weighted by atomic mass is 10.1. The number of carbonyl (C=O) groups is 1. The van der Waals surface area contributed by atoms with E-state index in [0.29, 0.717) is 32.5 Å². The summed E-state index contributed by atoms with van der Waals surface area (Å²) >= 11 is 0. The van der Waals surface area contributed by atoms with Crippen molar-refractivity contribution in [1.82, 2.24) is 9.88 Å². The zero-order chi connectivity index (χ0) is 19.1. The fraction of sp³-hybridized carbons (Fsp3) is 0.318. The van der Waals surface area contributed by atoms with E-state index in [1.54, 1.807) is 7.11 Å². The average molecular weight is 365 g/mol. The molecule has 3 N–H and O–H groups in total. The van der Waals surface area contributed by atoms with Gasteiger partial charge in [-0.25, -0.2) is 0 Å². The number of hydrogen-bond acceptors (Lipinski definition) is 3. The number of H-pyrrole nitrogens is 1. The van der Waals surface area contributed by atoms with E-state index in [1.807, 2.05) is 47.5 Å². The Balaban J connectivity index is 1.71. The van der Waals surface area contributed by atoms with Crippen molar-refractivity contribution >= 4 is 16.8 Å². The van der Waals surface area contributed by atoms with Gasteiger partial charge in [0.05, 0.1) is 7.11 Å². The summed E-state index contributed by atoms with van der Waals surface area (Å²) in [6, 6.07) is 16.1. The predicted octanol–water partition coefficient (Wildman–Crippen LogP) is 3.49. The molecule has 0 unspecified atom stereocenters. The van der Waals surface area contributed by atoms with Gasteiger partial charge in [0.2, 0.25) is 5.91 Å². The van der Waals surface area contributed by atoms with Gasteiger partial charge in [-0.15, -0.1) is 0 Å². The van der Waals surface area contributed by atoms with E-state index in [1.165, 1.54) is 10.9 Å². The number of ether oxygens (including phenoxy) is 1. The van der Waals surface area contributed by atoms with E-state index >= 15 is 0 Å². The molecule has 0 fully saturated rings. The van der Waals surface area contributed by atoms with Crippen LogP contribution in [0.5, 0.6) is 5.75 Å². The standard InChI is InChI=1S/C22H27N3O2/c1-27-19-10-8-17(9-11-19)16-25(22(26)7-4-13-23)14-12-18-15-24-21-6-3-2-5-20(18)21/h2-3,5-6,8-11,15,24H,4,7,12-14,16,23H2,1H3. The van der Waals surface area contributed by atoms with Gasteiger partial charge < -0.3 is 20.4 Å². The Hall–Kier alpha value is -2.79. The molecule has 0 atom stereocenters. The molecule has 0 saturated heterocycles. The molecule has 142 valence electrons. The lowest BCUT2D eigenvalue weighted by Crippen LogP contribution is -2.32. The summed E-state index contributed by atoms with van der Waals surface area (Å²) in [7, 11) is 1.65. The van der Waals surface area contributed by atoms with E-state index in [-0.39, 0.29) is 5.91 Å². The molecular formula is C22H27N3O2. The fourth-order valence-electron chi connectivity index (χ4n) is 3.25. The summed E-state index contributed by atoms with van der Waals surface area (Å²) in [5, 5.41) is 1.22. The van der Waals surface area contributed by atoms with Gasteiger partial charge in [-0.2, -0.15) is 0 Å². The first-order valence-corrected chi connectivity index (χ1v) is 9.37. The molecule has 1 heterocycles. The van der Waals surface area contributed by atoms with Gasteiger partial charge in [0, 0.05) is 36.6 Å². The summed E-state index contributed by atoms with van der Waals surface area (Å²) in [6.07, 6.45) is 4.06. The van der Waals surface area contributed by atoms with Crippen LogP contribution in [0.2, 0.25) is 0 Å². The molecule has 2 aromatic carbocycles. The maximum atomic E-state index is 12.7. The van der Waals surface area contributed by atoms with Crippen molar-refractivity contribution < 1.29 is 9.53 Å². The molecule has 27 heavy (non-hydrogen) atoms. The van der Waals surface area contributed by atoms with Gasteiger partial charge in [0.1, 0.15) is 5.75 Å². The van der Waals surface area contributed by atoms with Crippen molar-refractivity contribution in [3.05, 3.63) is 65.9 Å². The van der Waals surface area contributed by atoms with Crippen LogP contribution in [-0.2, 0) is 17.8 Å². The number of fused-ring (bicyclic) bond motifs is 1. The van der Waals surface area contributed by atoms with Gasteiger partial charge in [0.25, 0.3) is 0 Å². The van der Waals surface area contributed by atoms with Crippen molar-refractivity contribution in [2.75, 3.05) is 20.2 Å². The van der Waals surface area contributed by atoms with Crippen molar-refractivity contribution in [3.63, 3.8) is 0 Å². The Morgan fingerprint density at radius 2 is 1.93 bits per heavy atom. The fourth-order valence-corrected chi connectivity index (χ4v) is 3.25. The highest BCUT2D eigenvalue weighted by atomic mass is 16.5. The summed E-state index contributed by atoms with van der Waals surface area (Å²) in [4.78, 5) is 17.9. The molecule has 0 aliphatic carbocycles. The molecular weight excluding hydrogens is 338 g/mol. The molecule has 1 amide bonds. The second-order valence-electron chi connectivity index (χ2n) is 6.67. The average Bonchev–Trinajstić information content (AvgIpc) is 3.13. The van der Waals surface area contributed by atoms with Crippen molar-refractivity contribution in [2.45, 2.75) is 25.8 Å². The molecule has 0 radical (unpaired) electrons. The number of rotatable bonds is 9. The van der Waals surface area contributed by atoms with Gasteiger partial charge in [-0.3, -0.25) is 4.79 Å². The number of methoxy groups -OCH3 is 1. The number of hydrogen-bond donors (Lipinski definition) is 2. The Kier molecular flexibility index (Phi) is 6.49. The molecule has 0 aliphatic heterocycles. The highest BCUT2D eigenvalue weighted by Gasteiger charge is 2.15. The van der Waals surface area contributed by atoms with E-state index in [9.17, 15) is 4.79 Å². The van der Waals surface area contributed by atoms with Crippen LogP contribution in [0.1, 0.15) is 24.0 Å². The minimum atomic E-state index is 0.149. The largest absolute Gasteiger partial charge is 0.497 e. The lowest BCUT2D eigenvalue weighted by molar-refractivity contribution is -0.131. The predicted molar refractivity (Wildman–Crippen MR) is 109 cm³/mol. The number of carbonyl (C=O) groups excluding carboxylic acids is 1. The molecule has 0 spiro atoms. The molecule has 5 nitrogen and oxygen atoms in total. The van der Waals surface area contributed by atoms with Gasteiger partial charge >= 0.3 is 0 Å². The Morgan fingerprint density at radius 3 is 2.67 bits per heavy atom. The minimum Gasteiger partial charge on any atom is -0.497 e. The van der Waals surface area contributed by atoms with Crippen LogP contribution in [0.3, 0.4) is 0 Å². The van der Waals surface area contributed by atoms with Gasteiger partial charge in [-0.1, -0.05) is 30.3 Å². The number of nitrogens with zero attached hydrogens (tertiary/aromatic N) is 1. The minimum absolute atomic E-state index is 0.149. The van der Waals surface area contributed by atoms with Crippen LogP contribution in [0.15, 0.2) is 54.7 Å². The highest BCUT2D eigenvalue weighted by molar-refractivity contribution is 5.83. The number of benzene rings is 2. The zero-order valence-corrected chi connectivity index (χ0v) is 15.8. The number of aromatic nitrogens is 1. The van der Waals surface area contributed by atoms with E-state index in [2.05, 4.69) is 17.1 Å². The van der Waals surface area contributed by atoms with Gasteiger partial charge in [-0.05, 0) is 48.7 Å². The normalized spacial score (nSPS) is 10.9. The quantitative estimate of drug-likeness (QED) is 0.610. The van der Waals surface area contributed by atoms with Crippen LogP contribution in [0, 0.1) is 0 Å². The number of para-hydroxylation sites is 1. The van der Waals surface area contributed by atoms with Crippen LogP contribution >= 0.6 is 0 Å². The molecule has 0 saturated carbocycles.